The lowest BCUT2D eigenvalue weighted by Gasteiger charge is -2.39. The Labute approximate surface area is 108 Å². The first-order valence-electron chi connectivity index (χ1n) is 6.26. The summed E-state index contributed by atoms with van der Waals surface area (Å²) < 4.78 is 16.2. The van der Waals surface area contributed by atoms with Crippen LogP contribution in [0, 0.1) is 0 Å². The topological polar surface area (TPSA) is 60.0 Å². The van der Waals surface area contributed by atoms with Crippen LogP contribution < -0.4 is 5.32 Å². The van der Waals surface area contributed by atoms with E-state index in [2.05, 4.69) is 5.32 Å². The lowest BCUT2D eigenvalue weighted by Crippen LogP contribution is -2.59. The molecule has 0 aromatic rings. The molecule has 0 aromatic heterocycles. The van der Waals surface area contributed by atoms with Crippen molar-refractivity contribution in [2.45, 2.75) is 24.7 Å². The van der Waals surface area contributed by atoms with Gasteiger partial charge in [0.2, 0.25) is 5.91 Å². The predicted octanol–water partition coefficient (Wildman–Crippen LogP) is -0.763. The van der Waals surface area contributed by atoms with Crippen molar-refractivity contribution in [2.75, 3.05) is 47.0 Å². The van der Waals surface area contributed by atoms with Gasteiger partial charge < -0.3 is 24.4 Å². The van der Waals surface area contributed by atoms with E-state index >= 15 is 0 Å². The van der Waals surface area contributed by atoms with Crippen LogP contribution in [0.2, 0.25) is 0 Å². The van der Waals surface area contributed by atoms with Crippen LogP contribution in [-0.2, 0) is 19.0 Å². The first kappa shape index (κ1) is 13.7. The van der Waals surface area contributed by atoms with Gasteiger partial charge in [-0.2, -0.15) is 0 Å². The second kappa shape index (κ2) is 5.52. The number of hydrogen-bond acceptors (Lipinski definition) is 5. The van der Waals surface area contributed by atoms with Crippen molar-refractivity contribution >= 4 is 5.91 Å². The van der Waals surface area contributed by atoms with Crippen molar-refractivity contribution in [3.05, 3.63) is 0 Å². The van der Waals surface area contributed by atoms with Crippen LogP contribution in [0.1, 0.15) is 6.92 Å². The third-order valence-electron chi connectivity index (χ3n) is 3.72. The highest BCUT2D eigenvalue weighted by molar-refractivity contribution is 5.78. The molecule has 2 heterocycles. The molecule has 0 radical (unpaired) electrons. The molecule has 0 saturated carbocycles. The molecule has 2 unspecified atom stereocenters. The number of ether oxygens (including phenoxy) is 3. The second-order valence-corrected chi connectivity index (χ2v) is 5.19. The van der Waals surface area contributed by atoms with Crippen molar-refractivity contribution in [3.8, 4) is 0 Å². The molecule has 1 amide bonds. The molecule has 18 heavy (non-hydrogen) atoms. The Kier molecular flexibility index (Phi) is 4.21. The Balaban J connectivity index is 1.79. The number of amides is 1. The minimum atomic E-state index is -0.184. The maximum absolute atomic E-state index is 12.0. The Morgan fingerprint density at radius 3 is 2.22 bits per heavy atom. The maximum Gasteiger partial charge on any atom is 0.248 e. The molecular formula is C12H22N2O4. The monoisotopic (exact) mass is 258 g/mol. The molecule has 1 N–H and O–H groups in total. The lowest BCUT2D eigenvalue weighted by molar-refractivity contribution is -0.145. The van der Waals surface area contributed by atoms with Gasteiger partial charge in [-0.3, -0.25) is 4.79 Å². The number of rotatable bonds is 5. The second-order valence-electron chi connectivity index (χ2n) is 5.19. The number of nitrogens with zero attached hydrogens (tertiary/aromatic N) is 1. The summed E-state index contributed by atoms with van der Waals surface area (Å²) in [7, 11) is 3.28. The maximum atomic E-state index is 12.0. The number of nitrogens with one attached hydrogen (secondary N) is 1. The van der Waals surface area contributed by atoms with Crippen molar-refractivity contribution in [1.82, 2.24) is 10.2 Å². The van der Waals surface area contributed by atoms with E-state index in [-0.39, 0.29) is 30.3 Å². The molecule has 2 saturated heterocycles. The fraction of sp³-hybridized carbons (Fsp3) is 0.917. The largest absolute Gasteiger partial charge is 0.377 e. The normalized spacial score (nSPS) is 30.3. The predicted molar refractivity (Wildman–Crippen MR) is 65.4 cm³/mol. The molecule has 6 heteroatoms. The third-order valence-corrected chi connectivity index (χ3v) is 3.72. The third kappa shape index (κ3) is 2.83. The summed E-state index contributed by atoms with van der Waals surface area (Å²) in [5.41, 5.74) is -0.184. The highest BCUT2D eigenvalue weighted by Gasteiger charge is 2.37. The first-order valence-corrected chi connectivity index (χ1v) is 6.26. The average Bonchev–Trinajstić information content (AvgIpc) is 2.76. The fourth-order valence-electron chi connectivity index (χ4n) is 2.31. The lowest BCUT2D eigenvalue weighted by atomic mass is 10.0. The number of hydrogen-bond donors (Lipinski definition) is 1. The Morgan fingerprint density at radius 2 is 1.83 bits per heavy atom. The highest BCUT2D eigenvalue weighted by Crippen LogP contribution is 2.18. The van der Waals surface area contributed by atoms with Gasteiger partial charge >= 0.3 is 0 Å². The van der Waals surface area contributed by atoms with Crippen molar-refractivity contribution in [3.63, 3.8) is 0 Å². The fourth-order valence-corrected chi connectivity index (χ4v) is 2.31. The smallest absolute Gasteiger partial charge is 0.248 e. The number of carbonyl (C=O) groups is 1. The van der Waals surface area contributed by atoms with Crippen LogP contribution in [0.15, 0.2) is 0 Å². The van der Waals surface area contributed by atoms with Crippen LogP contribution >= 0.6 is 0 Å². The zero-order valence-electron chi connectivity index (χ0n) is 11.3. The van der Waals surface area contributed by atoms with Crippen LogP contribution in [0.25, 0.3) is 0 Å². The average molecular weight is 258 g/mol. The molecule has 2 fully saturated rings. The van der Waals surface area contributed by atoms with Gasteiger partial charge in [-0.25, -0.2) is 0 Å². The molecule has 104 valence electrons. The van der Waals surface area contributed by atoms with E-state index in [1.54, 1.807) is 19.1 Å². The standard InChI is InChI=1S/C12H22N2O4/c1-12(7-13-8-12)18-6-11(15)14-4-9(16-2)10(5-14)17-3/h9-10,13H,4-8H2,1-3H3. The molecule has 0 aliphatic carbocycles. The molecule has 2 atom stereocenters. The molecule has 0 bridgehead atoms. The van der Waals surface area contributed by atoms with Crippen LogP contribution in [-0.4, -0.2) is 75.6 Å². The molecule has 6 nitrogen and oxygen atoms in total. The van der Waals surface area contributed by atoms with Gasteiger partial charge in [0.25, 0.3) is 0 Å². The Bertz CT molecular complexity index is 294. The van der Waals surface area contributed by atoms with Crippen LogP contribution in [0.4, 0.5) is 0 Å². The van der Waals surface area contributed by atoms with E-state index in [1.807, 2.05) is 6.92 Å². The summed E-state index contributed by atoms with van der Waals surface area (Å²) in [6.45, 7) is 4.91. The number of likely N-dealkylation sites (tertiary alicyclic amines) is 1. The quantitative estimate of drug-likeness (QED) is 0.702. The summed E-state index contributed by atoms with van der Waals surface area (Å²) in [5, 5.41) is 3.14. The van der Waals surface area contributed by atoms with Gasteiger partial charge in [0.15, 0.2) is 0 Å². The Morgan fingerprint density at radius 1 is 1.28 bits per heavy atom. The minimum Gasteiger partial charge on any atom is -0.377 e. The zero-order valence-corrected chi connectivity index (χ0v) is 11.3. The Hall–Kier alpha value is -0.690. The van der Waals surface area contributed by atoms with Gasteiger partial charge in [-0.1, -0.05) is 0 Å². The van der Waals surface area contributed by atoms with E-state index < -0.39 is 0 Å². The molecule has 2 rings (SSSR count). The molecule has 0 spiro atoms. The van der Waals surface area contributed by atoms with E-state index in [4.69, 9.17) is 14.2 Å². The van der Waals surface area contributed by atoms with Crippen LogP contribution in [0.5, 0.6) is 0 Å². The SMILES string of the molecule is COC1CN(C(=O)COC2(C)CNC2)CC1OC. The van der Waals surface area contributed by atoms with E-state index in [9.17, 15) is 4.79 Å². The summed E-state index contributed by atoms with van der Waals surface area (Å²) in [6, 6.07) is 0. The summed E-state index contributed by atoms with van der Waals surface area (Å²) in [4.78, 5) is 13.8. The van der Waals surface area contributed by atoms with E-state index in [0.29, 0.717) is 13.1 Å². The highest BCUT2D eigenvalue weighted by atomic mass is 16.5. The van der Waals surface area contributed by atoms with E-state index in [0.717, 1.165) is 13.1 Å². The van der Waals surface area contributed by atoms with Crippen molar-refractivity contribution in [1.29, 1.82) is 0 Å². The van der Waals surface area contributed by atoms with Gasteiger partial charge in [-0.05, 0) is 6.92 Å². The van der Waals surface area contributed by atoms with Gasteiger partial charge in [0.05, 0.1) is 5.60 Å². The molecule has 2 aliphatic rings. The zero-order chi connectivity index (χ0) is 13.2. The van der Waals surface area contributed by atoms with E-state index in [1.165, 1.54) is 0 Å². The van der Waals surface area contributed by atoms with Gasteiger partial charge in [0.1, 0.15) is 18.8 Å². The summed E-state index contributed by atoms with van der Waals surface area (Å²) in [5.74, 6) is 0.00438. The van der Waals surface area contributed by atoms with Crippen LogP contribution in [0.3, 0.4) is 0 Å². The summed E-state index contributed by atoms with van der Waals surface area (Å²) >= 11 is 0. The molecule has 2 aliphatic heterocycles. The van der Waals surface area contributed by atoms with Crippen molar-refractivity contribution < 1.29 is 19.0 Å². The van der Waals surface area contributed by atoms with Gasteiger partial charge in [0, 0.05) is 40.4 Å². The number of methoxy groups -OCH3 is 2. The minimum absolute atomic E-state index is 0.00438. The van der Waals surface area contributed by atoms with Crippen molar-refractivity contribution in [2.24, 2.45) is 0 Å². The van der Waals surface area contributed by atoms with Gasteiger partial charge in [-0.15, -0.1) is 0 Å². The molecular weight excluding hydrogens is 236 g/mol. The molecule has 0 aromatic carbocycles. The summed E-state index contributed by atoms with van der Waals surface area (Å²) in [6.07, 6.45) is -0.0835. The first-order chi connectivity index (χ1) is 8.58. The number of carbonyl (C=O) groups excluding carboxylic acids is 1.